The summed E-state index contributed by atoms with van der Waals surface area (Å²) in [7, 11) is 0. The molecule has 3 aromatic rings. The van der Waals surface area contributed by atoms with Crippen molar-refractivity contribution in [2.75, 3.05) is 5.75 Å². The average Bonchev–Trinajstić information content (AvgIpc) is 3.12. The van der Waals surface area contributed by atoms with E-state index >= 15 is 0 Å². The lowest BCUT2D eigenvalue weighted by Crippen LogP contribution is -2.13. The molecule has 0 spiro atoms. The molecule has 0 fully saturated rings. The van der Waals surface area contributed by atoms with Crippen LogP contribution in [0.4, 0.5) is 4.39 Å². The fourth-order valence-corrected chi connectivity index (χ4v) is 3.96. The maximum absolute atomic E-state index is 13.6. The van der Waals surface area contributed by atoms with Crippen molar-refractivity contribution in [3.05, 3.63) is 70.8 Å². The Kier molecular flexibility index (Phi) is 5.59. The van der Waals surface area contributed by atoms with Gasteiger partial charge < -0.3 is 0 Å². The van der Waals surface area contributed by atoms with Crippen LogP contribution in [0.15, 0.2) is 64.9 Å². The number of thiazole rings is 1. The maximum Gasteiger partial charge on any atom is 0.167 e. The van der Waals surface area contributed by atoms with Crippen LogP contribution in [0.2, 0.25) is 0 Å². The van der Waals surface area contributed by atoms with E-state index in [1.807, 2.05) is 41.8 Å². The van der Waals surface area contributed by atoms with Crippen LogP contribution in [0.1, 0.15) is 10.9 Å². The lowest BCUT2D eigenvalue weighted by atomic mass is 10.1. The monoisotopic (exact) mass is 368 g/mol. The molecular weight excluding hydrogens is 355 g/mol. The van der Waals surface area contributed by atoms with Gasteiger partial charge in [0.05, 0.1) is 17.5 Å². The fourth-order valence-electron chi connectivity index (χ4n) is 2.22. The summed E-state index contributed by atoms with van der Waals surface area (Å²) in [6.45, 7) is 0. The highest BCUT2D eigenvalue weighted by Gasteiger charge is 2.24. The third-order valence-corrected chi connectivity index (χ3v) is 5.48. The van der Waals surface area contributed by atoms with E-state index in [-0.39, 0.29) is 17.4 Å². The van der Waals surface area contributed by atoms with Gasteiger partial charge in [0.1, 0.15) is 10.8 Å². The number of hydrogen-bond donors (Lipinski definition) is 0. The molecule has 0 aliphatic rings. The third-order valence-electron chi connectivity index (χ3n) is 3.50. The quantitative estimate of drug-likeness (QED) is 0.580. The summed E-state index contributed by atoms with van der Waals surface area (Å²) < 4.78 is 13.6. The predicted molar refractivity (Wildman–Crippen MR) is 98.0 cm³/mol. The highest BCUT2D eigenvalue weighted by atomic mass is 32.2. The molecule has 1 aromatic heterocycles. The number of carbonyl (C=O) groups excluding carboxylic acids is 1. The highest BCUT2D eigenvalue weighted by molar-refractivity contribution is 8.00. The van der Waals surface area contributed by atoms with E-state index in [9.17, 15) is 14.4 Å². The van der Waals surface area contributed by atoms with Crippen molar-refractivity contribution in [1.29, 1.82) is 5.26 Å². The van der Waals surface area contributed by atoms with Crippen molar-refractivity contribution in [3.8, 4) is 17.3 Å². The predicted octanol–water partition coefficient (Wildman–Crippen LogP) is 4.92. The first-order valence-corrected chi connectivity index (χ1v) is 9.36. The van der Waals surface area contributed by atoms with Crippen LogP contribution in [0.25, 0.3) is 11.3 Å². The Balaban J connectivity index is 1.72. The Morgan fingerprint density at radius 2 is 1.92 bits per heavy atom. The zero-order valence-corrected chi connectivity index (χ0v) is 14.7. The lowest BCUT2D eigenvalue weighted by molar-refractivity contribution is -0.116. The number of halogens is 1. The van der Waals surface area contributed by atoms with E-state index in [1.165, 1.54) is 17.4 Å². The van der Waals surface area contributed by atoms with Crippen LogP contribution in [0, 0.1) is 17.1 Å². The van der Waals surface area contributed by atoms with Gasteiger partial charge in [-0.1, -0.05) is 42.5 Å². The molecule has 0 unspecified atom stereocenters. The second kappa shape index (κ2) is 8.06. The van der Waals surface area contributed by atoms with Crippen LogP contribution < -0.4 is 0 Å². The molecule has 2 aromatic carbocycles. The minimum atomic E-state index is -0.929. The van der Waals surface area contributed by atoms with Gasteiger partial charge in [0.15, 0.2) is 11.7 Å². The van der Waals surface area contributed by atoms with Gasteiger partial charge >= 0.3 is 0 Å². The summed E-state index contributed by atoms with van der Waals surface area (Å²) in [6, 6.07) is 17.9. The summed E-state index contributed by atoms with van der Waals surface area (Å²) in [4.78, 5) is 17.2. The largest absolute Gasteiger partial charge is 0.297 e. The van der Waals surface area contributed by atoms with E-state index in [0.29, 0.717) is 9.90 Å². The van der Waals surface area contributed by atoms with E-state index in [0.717, 1.165) is 23.0 Å². The molecule has 0 aliphatic heterocycles. The van der Waals surface area contributed by atoms with Crippen molar-refractivity contribution in [1.82, 2.24) is 4.98 Å². The van der Waals surface area contributed by atoms with Gasteiger partial charge in [0.2, 0.25) is 0 Å². The Hall–Kier alpha value is -2.49. The Morgan fingerprint density at radius 1 is 1.20 bits per heavy atom. The van der Waals surface area contributed by atoms with Crippen LogP contribution in [-0.2, 0) is 4.79 Å². The summed E-state index contributed by atoms with van der Waals surface area (Å²) >= 11 is 2.39. The van der Waals surface area contributed by atoms with E-state index < -0.39 is 5.92 Å². The van der Waals surface area contributed by atoms with Gasteiger partial charge in [-0.25, -0.2) is 9.37 Å². The lowest BCUT2D eigenvalue weighted by Gasteiger charge is -2.06. The highest BCUT2D eigenvalue weighted by Crippen LogP contribution is 2.29. The van der Waals surface area contributed by atoms with Crippen LogP contribution in [-0.4, -0.2) is 16.5 Å². The first-order chi connectivity index (χ1) is 12.2. The summed E-state index contributed by atoms with van der Waals surface area (Å²) in [5.74, 6) is -1.54. The van der Waals surface area contributed by atoms with Gasteiger partial charge in [-0.3, -0.25) is 4.79 Å². The number of aromatic nitrogens is 1. The SMILES string of the molecule is N#C[C@H](C(=O)CSc1ccccc1F)c1nc(-c2ccccc2)cs1. The number of carbonyl (C=O) groups is 1. The van der Waals surface area contributed by atoms with E-state index in [2.05, 4.69) is 4.98 Å². The minimum absolute atomic E-state index is 0.0272. The van der Waals surface area contributed by atoms with Crippen molar-refractivity contribution >= 4 is 28.9 Å². The van der Waals surface area contributed by atoms with Crippen molar-refractivity contribution in [2.24, 2.45) is 0 Å². The smallest absolute Gasteiger partial charge is 0.167 e. The second-order valence-corrected chi connectivity index (χ2v) is 7.09. The first kappa shape index (κ1) is 17.3. The van der Waals surface area contributed by atoms with Crippen LogP contribution in [0.5, 0.6) is 0 Å². The number of thioether (sulfide) groups is 1. The Morgan fingerprint density at radius 3 is 2.64 bits per heavy atom. The van der Waals surface area contributed by atoms with E-state index in [4.69, 9.17) is 0 Å². The molecule has 0 bridgehead atoms. The molecule has 0 aliphatic carbocycles. The molecule has 0 radical (unpaired) electrons. The fraction of sp³-hybridized carbons (Fsp3) is 0.105. The number of benzene rings is 2. The molecule has 0 N–H and O–H groups in total. The molecule has 25 heavy (non-hydrogen) atoms. The van der Waals surface area contributed by atoms with Gasteiger partial charge in [0.25, 0.3) is 0 Å². The summed E-state index contributed by atoms with van der Waals surface area (Å²) in [5, 5.41) is 11.7. The first-order valence-electron chi connectivity index (χ1n) is 7.49. The Bertz CT molecular complexity index is 918. The topological polar surface area (TPSA) is 53.8 Å². The van der Waals surface area contributed by atoms with Crippen molar-refractivity contribution in [3.63, 3.8) is 0 Å². The third kappa shape index (κ3) is 4.13. The number of hydrogen-bond acceptors (Lipinski definition) is 5. The zero-order chi connectivity index (χ0) is 17.6. The average molecular weight is 368 g/mol. The number of Topliss-reactive ketones (excluding diaryl/α,β-unsaturated/α-hetero) is 1. The molecule has 0 saturated heterocycles. The minimum Gasteiger partial charge on any atom is -0.297 e. The second-order valence-electron chi connectivity index (χ2n) is 5.18. The number of nitrogens with zero attached hydrogens (tertiary/aromatic N) is 2. The molecule has 0 saturated carbocycles. The molecule has 0 amide bonds. The van der Waals surface area contributed by atoms with Crippen molar-refractivity contribution in [2.45, 2.75) is 10.8 Å². The van der Waals surface area contributed by atoms with Gasteiger partial charge in [-0.2, -0.15) is 5.26 Å². The van der Waals surface area contributed by atoms with Gasteiger partial charge in [-0.15, -0.1) is 23.1 Å². The number of nitriles is 1. The molecule has 6 heteroatoms. The van der Waals surface area contributed by atoms with E-state index in [1.54, 1.807) is 18.2 Å². The molecular formula is C19H13FN2OS2. The number of ketones is 1. The normalized spacial score (nSPS) is 11.7. The molecule has 1 heterocycles. The van der Waals surface area contributed by atoms with Gasteiger partial charge in [-0.05, 0) is 12.1 Å². The molecule has 3 nitrogen and oxygen atoms in total. The molecule has 1 atom stereocenters. The standard InChI is InChI=1S/C19H13FN2OS2/c20-15-8-4-5-9-18(15)24-12-17(23)14(10-21)19-22-16(11-25-19)13-6-2-1-3-7-13/h1-9,11,14H,12H2/t14-/m1/s1. The summed E-state index contributed by atoms with van der Waals surface area (Å²) in [5.41, 5.74) is 1.69. The molecule has 3 rings (SSSR count). The van der Waals surface area contributed by atoms with Crippen LogP contribution in [0.3, 0.4) is 0 Å². The Labute approximate surface area is 153 Å². The maximum atomic E-state index is 13.6. The molecule has 124 valence electrons. The number of rotatable bonds is 6. The van der Waals surface area contributed by atoms with Crippen LogP contribution >= 0.6 is 23.1 Å². The van der Waals surface area contributed by atoms with Gasteiger partial charge in [0, 0.05) is 15.8 Å². The summed E-state index contributed by atoms with van der Waals surface area (Å²) in [6.07, 6.45) is 0. The van der Waals surface area contributed by atoms with Crippen molar-refractivity contribution < 1.29 is 9.18 Å². The zero-order valence-electron chi connectivity index (χ0n) is 13.1.